The van der Waals surface area contributed by atoms with Crippen LogP contribution in [0.15, 0.2) is 60.4 Å². The van der Waals surface area contributed by atoms with Crippen LogP contribution >= 0.6 is 0 Å². The summed E-state index contributed by atoms with van der Waals surface area (Å²) in [5.74, 6) is -1.20. The molecule has 0 aromatic heterocycles. The van der Waals surface area contributed by atoms with E-state index in [2.05, 4.69) is 0 Å². The third-order valence-electron chi connectivity index (χ3n) is 3.30. The molecular weight excluding hydrogens is 360 g/mol. The van der Waals surface area contributed by atoms with Gasteiger partial charge in [-0.3, -0.25) is 20.2 Å². The molecule has 0 radical (unpaired) electrons. The first-order valence-electron chi connectivity index (χ1n) is 7.46. The van der Waals surface area contributed by atoms with Crippen molar-refractivity contribution in [1.29, 1.82) is 0 Å². The third-order valence-corrected chi connectivity index (χ3v) is 3.30. The Bertz CT molecular complexity index is 702. The minimum absolute atomic E-state index is 0.0397. The first-order valence-corrected chi connectivity index (χ1v) is 7.46. The van der Waals surface area contributed by atoms with Gasteiger partial charge in [-0.25, -0.2) is 17.6 Å². The smallest absolute Gasteiger partial charge is 0.234 e. The Kier molecular flexibility index (Phi) is 7.41. The molecule has 2 rings (SSSR count). The molecule has 10 heteroatoms. The predicted octanol–water partition coefficient (Wildman–Crippen LogP) is 4.47. The number of halogens is 4. The van der Waals surface area contributed by atoms with E-state index in [1.807, 2.05) is 0 Å². The summed E-state index contributed by atoms with van der Waals surface area (Å²) in [7, 11) is 0. The molecule has 2 aliphatic carbocycles. The van der Waals surface area contributed by atoms with E-state index >= 15 is 0 Å². The first-order chi connectivity index (χ1) is 12.0. The van der Waals surface area contributed by atoms with Crippen LogP contribution in [0.1, 0.15) is 19.3 Å². The van der Waals surface area contributed by atoms with E-state index in [0.29, 0.717) is 18.4 Å². The van der Waals surface area contributed by atoms with Gasteiger partial charge in [-0.05, 0) is 24.3 Å². The van der Waals surface area contributed by atoms with Crippen LogP contribution in [-0.4, -0.2) is 27.7 Å². The van der Waals surface area contributed by atoms with Crippen LogP contribution in [0.5, 0.6) is 0 Å². The van der Waals surface area contributed by atoms with Gasteiger partial charge in [-0.2, -0.15) is 0 Å². The standard InChI is InChI=1S/C8H9F2NO2.C8H7F2NO2/c2*9-7-2-1-3-8(10,6-7)4-5-11(12)13/h1,3,6H,2,4-5H2;1,3-6H,2H2/b;5-4+. The van der Waals surface area contributed by atoms with Crippen molar-refractivity contribution in [2.24, 2.45) is 0 Å². The van der Waals surface area contributed by atoms with E-state index in [0.717, 1.165) is 12.2 Å². The Morgan fingerprint density at radius 3 is 2.12 bits per heavy atom. The zero-order chi connectivity index (χ0) is 19.8. The van der Waals surface area contributed by atoms with Crippen molar-refractivity contribution in [2.75, 3.05) is 6.54 Å². The van der Waals surface area contributed by atoms with Crippen molar-refractivity contribution >= 4 is 0 Å². The van der Waals surface area contributed by atoms with Crippen molar-refractivity contribution in [3.8, 4) is 0 Å². The van der Waals surface area contributed by atoms with Crippen LogP contribution in [0.4, 0.5) is 17.6 Å². The molecule has 0 amide bonds. The van der Waals surface area contributed by atoms with Crippen LogP contribution in [0.25, 0.3) is 0 Å². The molecule has 142 valence electrons. The summed E-state index contributed by atoms with van der Waals surface area (Å²) in [5.41, 5.74) is -4.13. The minimum Gasteiger partial charge on any atom is -0.265 e. The van der Waals surface area contributed by atoms with Gasteiger partial charge in [-0.15, -0.1) is 0 Å². The molecule has 0 N–H and O–H groups in total. The lowest BCUT2D eigenvalue weighted by Crippen LogP contribution is -2.23. The van der Waals surface area contributed by atoms with E-state index in [1.165, 1.54) is 18.2 Å². The third kappa shape index (κ3) is 7.86. The summed E-state index contributed by atoms with van der Waals surface area (Å²) in [6.07, 6.45) is 7.35. The normalized spacial score (nSPS) is 27.4. The number of rotatable bonds is 5. The largest absolute Gasteiger partial charge is 0.265 e. The first kappa shape index (κ1) is 21.3. The summed E-state index contributed by atoms with van der Waals surface area (Å²) in [5, 5.41) is 19.8. The molecule has 0 spiro atoms. The highest BCUT2D eigenvalue weighted by molar-refractivity contribution is 5.29. The Hall–Kier alpha value is -2.78. The van der Waals surface area contributed by atoms with Gasteiger partial charge in [0.15, 0.2) is 11.3 Å². The van der Waals surface area contributed by atoms with Gasteiger partial charge in [0.05, 0.1) is 11.3 Å². The Morgan fingerprint density at radius 1 is 1.04 bits per heavy atom. The second-order valence-electron chi connectivity index (χ2n) is 5.56. The van der Waals surface area contributed by atoms with Crippen LogP contribution in [-0.2, 0) is 0 Å². The van der Waals surface area contributed by atoms with Crippen LogP contribution < -0.4 is 0 Å². The van der Waals surface area contributed by atoms with Gasteiger partial charge in [0.1, 0.15) is 11.7 Å². The maximum Gasteiger partial charge on any atom is 0.234 e. The predicted molar refractivity (Wildman–Crippen MR) is 86.2 cm³/mol. The van der Waals surface area contributed by atoms with Gasteiger partial charge >= 0.3 is 0 Å². The van der Waals surface area contributed by atoms with E-state index < -0.39 is 39.4 Å². The highest BCUT2D eigenvalue weighted by atomic mass is 19.2. The van der Waals surface area contributed by atoms with Gasteiger partial charge in [0, 0.05) is 23.8 Å². The molecule has 2 aliphatic rings. The zero-order valence-corrected chi connectivity index (χ0v) is 13.5. The summed E-state index contributed by atoms with van der Waals surface area (Å²) >= 11 is 0. The highest BCUT2D eigenvalue weighted by Crippen LogP contribution is 2.28. The van der Waals surface area contributed by atoms with E-state index in [9.17, 15) is 37.8 Å². The van der Waals surface area contributed by atoms with Crippen molar-refractivity contribution in [1.82, 2.24) is 0 Å². The molecule has 2 unspecified atom stereocenters. The minimum atomic E-state index is -2.16. The van der Waals surface area contributed by atoms with Crippen LogP contribution in [0.2, 0.25) is 0 Å². The number of hydrogen-bond donors (Lipinski definition) is 0. The number of nitro groups is 2. The molecule has 0 fully saturated rings. The molecular formula is C16H16F4N2O4. The monoisotopic (exact) mass is 376 g/mol. The second kappa shape index (κ2) is 9.07. The topological polar surface area (TPSA) is 86.3 Å². The molecule has 2 atom stereocenters. The van der Waals surface area contributed by atoms with E-state index in [4.69, 9.17) is 0 Å². The molecule has 26 heavy (non-hydrogen) atoms. The average molecular weight is 376 g/mol. The quantitative estimate of drug-likeness (QED) is 0.307. The maximum atomic E-state index is 13.5. The summed E-state index contributed by atoms with van der Waals surface area (Å²) in [4.78, 5) is 18.4. The zero-order valence-electron chi connectivity index (χ0n) is 13.5. The lowest BCUT2D eigenvalue weighted by molar-refractivity contribution is -0.482. The molecule has 6 nitrogen and oxygen atoms in total. The molecule has 0 saturated carbocycles. The van der Waals surface area contributed by atoms with Crippen LogP contribution in [0, 0.1) is 20.2 Å². The van der Waals surface area contributed by atoms with Gasteiger partial charge in [-0.1, -0.05) is 12.2 Å². The number of hydrogen-bond acceptors (Lipinski definition) is 4. The summed E-state index contributed by atoms with van der Waals surface area (Å²) < 4.78 is 52.0. The second-order valence-corrected chi connectivity index (χ2v) is 5.56. The van der Waals surface area contributed by atoms with Gasteiger partial charge in [0.25, 0.3) is 0 Å². The van der Waals surface area contributed by atoms with Crippen molar-refractivity contribution in [2.45, 2.75) is 30.6 Å². The Balaban J connectivity index is 0.000000260. The summed E-state index contributed by atoms with van der Waals surface area (Å²) in [6.45, 7) is -0.495. The fourth-order valence-corrected chi connectivity index (χ4v) is 2.13. The fraction of sp³-hybridized carbons (Fsp3) is 0.375. The SMILES string of the molecule is O=[N+]([O-])/C=C/C1(F)C=CCC(F)=C1.O=[N+]([O-])CCC1(F)C=CCC(F)=C1. The Labute approximate surface area is 146 Å². The van der Waals surface area contributed by atoms with Gasteiger partial charge < -0.3 is 0 Å². The van der Waals surface area contributed by atoms with E-state index in [1.54, 1.807) is 0 Å². The number of nitrogens with zero attached hydrogens (tertiary/aromatic N) is 2. The molecule has 0 saturated heterocycles. The van der Waals surface area contributed by atoms with Crippen molar-refractivity contribution in [3.63, 3.8) is 0 Å². The van der Waals surface area contributed by atoms with Gasteiger partial charge in [0.2, 0.25) is 12.7 Å². The maximum absolute atomic E-state index is 13.5. The van der Waals surface area contributed by atoms with Crippen molar-refractivity contribution in [3.05, 3.63) is 80.6 Å². The molecule has 0 aliphatic heterocycles. The lowest BCUT2D eigenvalue weighted by Gasteiger charge is -2.18. The van der Waals surface area contributed by atoms with Crippen molar-refractivity contribution < 1.29 is 27.4 Å². The number of allylic oxidation sites excluding steroid dienone is 9. The lowest BCUT2D eigenvalue weighted by atomic mass is 9.96. The van der Waals surface area contributed by atoms with E-state index in [-0.39, 0.29) is 19.3 Å². The average Bonchev–Trinajstić information content (AvgIpc) is 2.52. The highest BCUT2D eigenvalue weighted by Gasteiger charge is 2.28. The molecule has 0 bridgehead atoms. The molecule has 0 heterocycles. The summed E-state index contributed by atoms with van der Waals surface area (Å²) in [6, 6.07) is 0. The molecule has 0 aromatic carbocycles. The number of alkyl halides is 2. The molecule has 0 aromatic rings. The fourth-order valence-electron chi connectivity index (χ4n) is 2.13. The van der Waals surface area contributed by atoms with Crippen LogP contribution in [0.3, 0.4) is 0 Å². The Morgan fingerprint density at radius 2 is 1.62 bits per heavy atom.